The molecule has 0 unspecified atom stereocenters. The predicted molar refractivity (Wildman–Crippen MR) is 67.8 cm³/mol. The summed E-state index contributed by atoms with van der Waals surface area (Å²) in [4.78, 5) is 15.2. The Morgan fingerprint density at radius 2 is 2.12 bits per heavy atom. The van der Waals surface area contributed by atoms with Crippen LogP contribution in [0.3, 0.4) is 0 Å². The van der Waals surface area contributed by atoms with Crippen molar-refractivity contribution in [2.75, 3.05) is 0 Å². The summed E-state index contributed by atoms with van der Waals surface area (Å²) in [7, 11) is 0. The quantitative estimate of drug-likeness (QED) is 0.804. The Labute approximate surface area is 110 Å². The van der Waals surface area contributed by atoms with Gasteiger partial charge in [0.15, 0.2) is 6.29 Å². The Morgan fingerprint density at radius 3 is 2.76 bits per heavy atom. The number of carbonyl (C=O) groups excluding carboxylic acids is 1. The number of pyridine rings is 1. The standard InChI is InChI=1S/C12H7BrFNOS/c13-9-4-5-11(15-6-9)17-12-8(7-16)2-1-3-10(12)14/h1-7H. The van der Waals surface area contributed by atoms with Crippen molar-refractivity contribution in [3.63, 3.8) is 0 Å². The van der Waals surface area contributed by atoms with Crippen LogP contribution in [0.2, 0.25) is 0 Å². The van der Waals surface area contributed by atoms with E-state index in [0.29, 0.717) is 21.8 Å². The molecule has 2 aromatic rings. The third-order valence-electron chi connectivity index (χ3n) is 2.03. The lowest BCUT2D eigenvalue weighted by atomic mass is 10.2. The minimum atomic E-state index is -0.413. The third-order valence-corrected chi connectivity index (χ3v) is 3.59. The van der Waals surface area contributed by atoms with Crippen LogP contribution < -0.4 is 0 Å². The highest BCUT2D eigenvalue weighted by Crippen LogP contribution is 2.31. The fraction of sp³-hybridized carbons (Fsp3) is 0. The number of halogens is 2. The van der Waals surface area contributed by atoms with Gasteiger partial charge in [-0.15, -0.1) is 0 Å². The molecule has 0 aliphatic heterocycles. The maximum Gasteiger partial charge on any atom is 0.151 e. The summed E-state index contributed by atoms with van der Waals surface area (Å²) in [5.41, 5.74) is 0.333. The van der Waals surface area contributed by atoms with Crippen LogP contribution >= 0.6 is 27.7 Å². The van der Waals surface area contributed by atoms with Crippen LogP contribution in [0.4, 0.5) is 4.39 Å². The van der Waals surface area contributed by atoms with Gasteiger partial charge in [-0.1, -0.05) is 23.9 Å². The lowest BCUT2D eigenvalue weighted by molar-refractivity contribution is 0.112. The van der Waals surface area contributed by atoms with E-state index in [-0.39, 0.29) is 0 Å². The van der Waals surface area contributed by atoms with Gasteiger partial charge in [-0.25, -0.2) is 9.37 Å². The molecule has 0 saturated heterocycles. The van der Waals surface area contributed by atoms with Crippen LogP contribution in [0.5, 0.6) is 0 Å². The van der Waals surface area contributed by atoms with E-state index in [9.17, 15) is 9.18 Å². The first kappa shape index (κ1) is 12.3. The van der Waals surface area contributed by atoms with Crippen LogP contribution in [-0.2, 0) is 0 Å². The smallest absolute Gasteiger partial charge is 0.151 e. The zero-order valence-electron chi connectivity index (χ0n) is 8.56. The second-order valence-electron chi connectivity index (χ2n) is 3.19. The Hall–Kier alpha value is -1.20. The zero-order chi connectivity index (χ0) is 12.3. The molecule has 0 spiro atoms. The average Bonchev–Trinajstić information content (AvgIpc) is 2.34. The molecule has 86 valence electrons. The SMILES string of the molecule is O=Cc1cccc(F)c1Sc1ccc(Br)cn1. The van der Waals surface area contributed by atoms with Gasteiger partial charge < -0.3 is 0 Å². The van der Waals surface area contributed by atoms with E-state index < -0.39 is 5.82 Å². The van der Waals surface area contributed by atoms with Gasteiger partial charge in [-0.2, -0.15) is 0 Å². The molecular weight excluding hydrogens is 305 g/mol. The molecule has 0 N–H and O–H groups in total. The molecule has 1 heterocycles. The average molecular weight is 312 g/mol. The van der Waals surface area contributed by atoms with Crippen LogP contribution in [0.25, 0.3) is 0 Å². The van der Waals surface area contributed by atoms with Gasteiger partial charge in [0.1, 0.15) is 10.8 Å². The predicted octanol–water partition coefficient (Wildman–Crippen LogP) is 3.95. The summed E-state index contributed by atoms with van der Waals surface area (Å²) in [5, 5.41) is 0.640. The van der Waals surface area contributed by atoms with E-state index in [4.69, 9.17) is 0 Å². The number of carbonyl (C=O) groups is 1. The van der Waals surface area contributed by atoms with E-state index in [1.807, 2.05) is 6.07 Å². The van der Waals surface area contributed by atoms with E-state index >= 15 is 0 Å². The molecule has 0 aliphatic rings. The zero-order valence-corrected chi connectivity index (χ0v) is 11.0. The Morgan fingerprint density at radius 1 is 1.29 bits per heavy atom. The lowest BCUT2D eigenvalue weighted by Crippen LogP contribution is -1.90. The number of aromatic nitrogens is 1. The fourth-order valence-corrected chi connectivity index (χ4v) is 2.34. The van der Waals surface area contributed by atoms with E-state index in [2.05, 4.69) is 20.9 Å². The summed E-state index contributed by atoms with van der Waals surface area (Å²) in [5.74, 6) is -0.413. The number of hydrogen-bond donors (Lipinski definition) is 0. The largest absolute Gasteiger partial charge is 0.298 e. The monoisotopic (exact) mass is 311 g/mol. The van der Waals surface area contributed by atoms with Crippen molar-refractivity contribution in [2.45, 2.75) is 9.92 Å². The molecule has 0 atom stereocenters. The molecule has 1 aromatic carbocycles. The second kappa shape index (κ2) is 5.42. The molecule has 1 aromatic heterocycles. The maximum absolute atomic E-state index is 13.6. The fourth-order valence-electron chi connectivity index (χ4n) is 1.25. The number of rotatable bonds is 3. The van der Waals surface area contributed by atoms with Crippen molar-refractivity contribution >= 4 is 34.0 Å². The lowest BCUT2D eigenvalue weighted by Gasteiger charge is -2.05. The number of benzene rings is 1. The van der Waals surface area contributed by atoms with Crippen LogP contribution in [0, 0.1) is 5.82 Å². The van der Waals surface area contributed by atoms with Crippen molar-refractivity contribution in [1.29, 1.82) is 0 Å². The van der Waals surface area contributed by atoms with Crippen LogP contribution in [-0.4, -0.2) is 11.3 Å². The minimum Gasteiger partial charge on any atom is -0.298 e. The molecule has 0 amide bonds. The minimum absolute atomic E-state index is 0.303. The van der Waals surface area contributed by atoms with Gasteiger partial charge in [0, 0.05) is 16.2 Å². The van der Waals surface area contributed by atoms with Crippen molar-refractivity contribution in [1.82, 2.24) is 4.98 Å². The Kier molecular flexibility index (Phi) is 3.91. The maximum atomic E-state index is 13.6. The summed E-state index contributed by atoms with van der Waals surface area (Å²) >= 11 is 4.41. The molecule has 0 radical (unpaired) electrons. The van der Waals surface area contributed by atoms with Gasteiger partial charge in [-0.3, -0.25) is 4.79 Å². The first-order valence-corrected chi connectivity index (χ1v) is 6.35. The van der Waals surface area contributed by atoms with Crippen LogP contribution in [0.1, 0.15) is 10.4 Å². The third kappa shape index (κ3) is 2.92. The number of nitrogens with zero attached hydrogens (tertiary/aromatic N) is 1. The second-order valence-corrected chi connectivity index (χ2v) is 5.14. The molecular formula is C12H7BrFNOS. The summed E-state index contributed by atoms with van der Waals surface area (Å²) in [6.07, 6.45) is 2.27. The summed E-state index contributed by atoms with van der Waals surface area (Å²) in [6, 6.07) is 8.00. The van der Waals surface area contributed by atoms with Crippen molar-refractivity contribution in [3.8, 4) is 0 Å². The molecule has 0 aliphatic carbocycles. The molecule has 2 rings (SSSR count). The van der Waals surface area contributed by atoms with Gasteiger partial charge in [0.25, 0.3) is 0 Å². The highest BCUT2D eigenvalue weighted by atomic mass is 79.9. The van der Waals surface area contributed by atoms with E-state index in [1.165, 1.54) is 12.1 Å². The normalized spacial score (nSPS) is 10.2. The highest BCUT2D eigenvalue weighted by molar-refractivity contribution is 9.10. The van der Waals surface area contributed by atoms with Crippen LogP contribution in [0.15, 0.2) is 50.9 Å². The topological polar surface area (TPSA) is 30.0 Å². The molecule has 0 fully saturated rings. The molecule has 0 bridgehead atoms. The summed E-state index contributed by atoms with van der Waals surface area (Å²) < 4.78 is 14.4. The van der Waals surface area contributed by atoms with Crippen molar-refractivity contribution in [3.05, 3.63) is 52.4 Å². The van der Waals surface area contributed by atoms with Gasteiger partial charge >= 0.3 is 0 Å². The molecule has 2 nitrogen and oxygen atoms in total. The van der Waals surface area contributed by atoms with E-state index in [1.54, 1.807) is 18.3 Å². The van der Waals surface area contributed by atoms with E-state index in [0.717, 1.165) is 16.2 Å². The number of aldehydes is 1. The first-order valence-electron chi connectivity index (χ1n) is 4.74. The highest BCUT2D eigenvalue weighted by Gasteiger charge is 2.10. The Bertz CT molecular complexity index is 545. The molecule has 5 heteroatoms. The first-order chi connectivity index (χ1) is 8.20. The Balaban J connectivity index is 2.35. The van der Waals surface area contributed by atoms with Crippen molar-refractivity contribution in [2.24, 2.45) is 0 Å². The molecule has 17 heavy (non-hydrogen) atoms. The van der Waals surface area contributed by atoms with Gasteiger partial charge in [0.05, 0.1) is 4.90 Å². The van der Waals surface area contributed by atoms with Gasteiger partial charge in [-0.05, 0) is 34.1 Å². The van der Waals surface area contributed by atoms with Crippen molar-refractivity contribution < 1.29 is 9.18 Å². The molecule has 0 saturated carbocycles. The van der Waals surface area contributed by atoms with Gasteiger partial charge in [0.2, 0.25) is 0 Å². The summed E-state index contributed by atoms with van der Waals surface area (Å²) in [6.45, 7) is 0. The number of hydrogen-bond acceptors (Lipinski definition) is 3.